The summed E-state index contributed by atoms with van der Waals surface area (Å²) in [6.45, 7) is 4.50. The molecule has 28 heavy (non-hydrogen) atoms. The van der Waals surface area contributed by atoms with E-state index in [-0.39, 0.29) is 5.56 Å². The Morgan fingerprint density at radius 3 is 2.64 bits per heavy atom. The minimum absolute atomic E-state index is 0.148. The van der Waals surface area contributed by atoms with Gasteiger partial charge >= 0.3 is 0 Å². The molecule has 0 saturated heterocycles. The van der Waals surface area contributed by atoms with Crippen LogP contribution in [0, 0.1) is 6.92 Å². The van der Waals surface area contributed by atoms with E-state index in [9.17, 15) is 4.79 Å². The highest BCUT2D eigenvalue weighted by atomic mass is 16.5. The molecule has 0 saturated carbocycles. The van der Waals surface area contributed by atoms with E-state index in [1.54, 1.807) is 22.5 Å². The number of para-hydroxylation sites is 1. The minimum Gasteiger partial charge on any atom is -0.493 e. The maximum atomic E-state index is 13.1. The van der Waals surface area contributed by atoms with E-state index in [1.165, 1.54) is 0 Å². The van der Waals surface area contributed by atoms with Gasteiger partial charge in [0.15, 0.2) is 11.5 Å². The third-order valence-electron chi connectivity index (χ3n) is 4.60. The summed E-state index contributed by atoms with van der Waals surface area (Å²) >= 11 is 0. The number of pyridine rings is 1. The molecule has 0 aliphatic heterocycles. The normalized spacial score (nSPS) is 11.1. The van der Waals surface area contributed by atoms with Gasteiger partial charge in [-0.3, -0.25) is 9.36 Å². The van der Waals surface area contributed by atoms with Gasteiger partial charge in [0.1, 0.15) is 17.0 Å². The largest absolute Gasteiger partial charge is 0.493 e. The van der Waals surface area contributed by atoms with Gasteiger partial charge in [-0.1, -0.05) is 25.1 Å². The molecule has 0 bridgehead atoms. The van der Waals surface area contributed by atoms with Crippen LogP contribution in [0.2, 0.25) is 0 Å². The van der Waals surface area contributed by atoms with Crippen molar-refractivity contribution in [1.82, 2.24) is 24.3 Å². The average molecular weight is 375 g/mol. The van der Waals surface area contributed by atoms with Crippen LogP contribution in [0.5, 0.6) is 5.75 Å². The Bertz CT molecular complexity index is 1190. The van der Waals surface area contributed by atoms with Crippen LogP contribution < -0.4 is 10.3 Å². The van der Waals surface area contributed by atoms with Gasteiger partial charge in [-0.15, -0.1) is 5.10 Å². The fraction of sp³-hybridized carbons (Fsp3) is 0.238. The molecule has 0 unspecified atom stereocenters. The molecule has 0 amide bonds. The molecule has 0 fully saturated rings. The number of aromatic nitrogens is 5. The van der Waals surface area contributed by atoms with Crippen molar-refractivity contribution in [2.45, 2.75) is 20.3 Å². The Balaban J connectivity index is 1.94. The summed E-state index contributed by atoms with van der Waals surface area (Å²) in [5, 5.41) is 5.04. The Kier molecular flexibility index (Phi) is 4.65. The molecule has 4 rings (SSSR count). The average Bonchev–Trinajstić information content (AvgIpc) is 3.06. The van der Waals surface area contributed by atoms with Gasteiger partial charge in [-0.05, 0) is 37.6 Å². The summed E-state index contributed by atoms with van der Waals surface area (Å²) < 4.78 is 9.06. The van der Waals surface area contributed by atoms with Crippen LogP contribution in [0.4, 0.5) is 0 Å². The van der Waals surface area contributed by atoms with Crippen LogP contribution in [-0.4, -0.2) is 30.9 Å². The predicted molar refractivity (Wildman–Crippen MR) is 108 cm³/mol. The first kappa shape index (κ1) is 17.9. The molecule has 0 atom stereocenters. The van der Waals surface area contributed by atoms with Crippen molar-refractivity contribution >= 4 is 11.0 Å². The molecule has 142 valence electrons. The Hall–Kier alpha value is -3.48. The highest BCUT2D eigenvalue weighted by Gasteiger charge is 2.19. The number of rotatable bonds is 5. The quantitative estimate of drug-likeness (QED) is 0.535. The van der Waals surface area contributed by atoms with Crippen molar-refractivity contribution in [2.24, 2.45) is 7.05 Å². The lowest BCUT2D eigenvalue weighted by Gasteiger charge is -2.12. The molecule has 0 N–H and O–H groups in total. The first-order valence-corrected chi connectivity index (χ1v) is 9.21. The molecule has 3 heterocycles. The molecule has 0 aliphatic carbocycles. The fourth-order valence-corrected chi connectivity index (χ4v) is 3.19. The zero-order chi connectivity index (χ0) is 19.7. The summed E-state index contributed by atoms with van der Waals surface area (Å²) in [6, 6.07) is 13.2. The van der Waals surface area contributed by atoms with Gasteiger partial charge in [0.05, 0.1) is 17.9 Å². The molecule has 4 aromatic rings. The molecule has 3 aromatic heterocycles. The van der Waals surface area contributed by atoms with Crippen molar-refractivity contribution in [3.05, 3.63) is 64.7 Å². The van der Waals surface area contributed by atoms with Crippen molar-refractivity contribution in [2.75, 3.05) is 6.61 Å². The third-order valence-corrected chi connectivity index (χ3v) is 4.60. The molecule has 0 spiro atoms. The molecule has 1 aromatic carbocycles. The van der Waals surface area contributed by atoms with Crippen molar-refractivity contribution in [3.8, 4) is 23.0 Å². The predicted octanol–water partition coefficient (Wildman–Crippen LogP) is 3.28. The smallest absolute Gasteiger partial charge is 0.264 e. The van der Waals surface area contributed by atoms with Crippen molar-refractivity contribution in [1.29, 1.82) is 0 Å². The number of fused-ring (bicyclic) bond motifs is 1. The van der Waals surface area contributed by atoms with Crippen molar-refractivity contribution in [3.63, 3.8) is 0 Å². The number of aryl methyl sites for hydroxylation is 1. The Morgan fingerprint density at radius 2 is 1.89 bits per heavy atom. The number of ether oxygens (including phenoxy) is 1. The summed E-state index contributed by atoms with van der Waals surface area (Å²) in [5.74, 6) is 1.87. The maximum Gasteiger partial charge on any atom is 0.264 e. The van der Waals surface area contributed by atoms with Crippen LogP contribution in [0.25, 0.3) is 28.2 Å². The molecule has 7 heteroatoms. The summed E-state index contributed by atoms with van der Waals surface area (Å²) in [5.41, 5.74) is 1.72. The first-order valence-electron chi connectivity index (χ1n) is 9.21. The lowest BCUT2D eigenvalue weighted by atomic mass is 10.1. The van der Waals surface area contributed by atoms with E-state index >= 15 is 0 Å². The van der Waals surface area contributed by atoms with E-state index in [1.807, 2.05) is 49.4 Å². The Labute approximate surface area is 162 Å². The highest BCUT2D eigenvalue weighted by molar-refractivity contribution is 5.80. The Morgan fingerprint density at radius 1 is 1.11 bits per heavy atom. The molecular formula is C21H21N5O2. The summed E-state index contributed by atoms with van der Waals surface area (Å²) in [6.07, 6.45) is 2.59. The second-order valence-corrected chi connectivity index (χ2v) is 6.53. The zero-order valence-electron chi connectivity index (χ0n) is 16.1. The van der Waals surface area contributed by atoms with Gasteiger partial charge < -0.3 is 4.74 Å². The van der Waals surface area contributed by atoms with Gasteiger partial charge in [-0.2, -0.15) is 0 Å². The van der Waals surface area contributed by atoms with E-state index in [0.717, 1.165) is 12.0 Å². The molecule has 7 nitrogen and oxygen atoms in total. The van der Waals surface area contributed by atoms with Gasteiger partial charge in [0.25, 0.3) is 5.56 Å². The van der Waals surface area contributed by atoms with E-state index < -0.39 is 0 Å². The third kappa shape index (κ3) is 2.94. The zero-order valence-corrected chi connectivity index (χ0v) is 16.1. The van der Waals surface area contributed by atoms with Crippen LogP contribution in [0.15, 0.2) is 53.5 Å². The minimum atomic E-state index is -0.148. The fourth-order valence-electron chi connectivity index (χ4n) is 3.19. The summed E-state index contributed by atoms with van der Waals surface area (Å²) in [7, 11) is 1.72. The van der Waals surface area contributed by atoms with Crippen molar-refractivity contribution < 1.29 is 4.74 Å². The van der Waals surface area contributed by atoms with Gasteiger partial charge in [-0.25, -0.2) is 14.6 Å². The SMILES string of the molecule is CCCOc1ccccc1-c1nc2nn(-c3ccccn3)c(C)c2c(=O)n1C. The molecular weight excluding hydrogens is 354 g/mol. The second kappa shape index (κ2) is 7.26. The van der Waals surface area contributed by atoms with Crippen LogP contribution in [0.1, 0.15) is 19.0 Å². The van der Waals surface area contributed by atoms with Crippen LogP contribution in [-0.2, 0) is 7.05 Å². The van der Waals surface area contributed by atoms with Crippen LogP contribution >= 0.6 is 0 Å². The highest BCUT2D eigenvalue weighted by Crippen LogP contribution is 2.29. The van der Waals surface area contributed by atoms with E-state index in [0.29, 0.717) is 40.7 Å². The second-order valence-electron chi connectivity index (χ2n) is 6.53. The summed E-state index contributed by atoms with van der Waals surface area (Å²) in [4.78, 5) is 22.2. The first-order chi connectivity index (χ1) is 13.6. The number of nitrogens with zero attached hydrogens (tertiary/aromatic N) is 5. The monoisotopic (exact) mass is 375 g/mol. The molecule has 0 radical (unpaired) electrons. The lowest BCUT2D eigenvalue weighted by Crippen LogP contribution is -2.20. The van der Waals surface area contributed by atoms with E-state index in [2.05, 4.69) is 17.0 Å². The lowest BCUT2D eigenvalue weighted by molar-refractivity contribution is 0.318. The standard InChI is InChI=1S/C21H21N5O2/c1-4-13-28-16-10-6-5-9-15(16)20-23-19-18(21(27)25(20)3)14(2)26(24-19)17-11-7-8-12-22-17/h5-12H,4,13H2,1-3H3. The molecule has 0 aliphatic rings. The van der Waals surface area contributed by atoms with Gasteiger partial charge in [0, 0.05) is 13.2 Å². The van der Waals surface area contributed by atoms with Gasteiger partial charge in [0.2, 0.25) is 0 Å². The number of hydrogen-bond acceptors (Lipinski definition) is 5. The van der Waals surface area contributed by atoms with Crippen LogP contribution in [0.3, 0.4) is 0 Å². The van der Waals surface area contributed by atoms with E-state index in [4.69, 9.17) is 9.72 Å². The number of hydrogen-bond donors (Lipinski definition) is 0. The topological polar surface area (TPSA) is 74.8 Å². The number of benzene rings is 1. The maximum absolute atomic E-state index is 13.1.